The van der Waals surface area contributed by atoms with Gasteiger partial charge in [0.25, 0.3) is 5.91 Å². The van der Waals surface area contributed by atoms with Crippen molar-refractivity contribution in [1.29, 1.82) is 0 Å². The minimum absolute atomic E-state index is 0.102. The van der Waals surface area contributed by atoms with Gasteiger partial charge in [-0.2, -0.15) is 0 Å². The normalized spacial score (nSPS) is 11.6. The second-order valence-corrected chi connectivity index (χ2v) is 4.74. The van der Waals surface area contributed by atoms with Gasteiger partial charge in [0.2, 0.25) is 0 Å². The average Bonchev–Trinajstić information content (AvgIpc) is 2.28. The molecule has 0 aliphatic carbocycles. The molecule has 0 aliphatic rings. The Labute approximate surface area is 110 Å². The fourth-order valence-corrected chi connectivity index (χ4v) is 1.90. The summed E-state index contributed by atoms with van der Waals surface area (Å²) in [5.41, 5.74) is 0.656. The monoisotopic (exact) mass is 327 g/mol. The van der Waals surface area contributed by atoms with Crippen LogP contribution in [0.5, 0.6) is 0 Å². The summed E-state index contributed by atoms with van der Waals surface area (Å²) in [6.07, 6.45) is 7.12. The minimum atomic E-state index is -0.171. The van der Waals surface area contributed by atoms with Crippen LogP contribution in [0.25, 0.3) is 0 Å². The first-order valence-corrected chi connectivity index (χ1v) is 6.27. The van der Waals surface area contributed by atoms with E-state index >= 15 is 0 Å². The number of halogens is 1. The van der Waals surface area contributed by atoms with Crippen molar-refractivity contribution in [3.8, 4) is 12.3 Å². The van der Waals surface area contributed by atoms with E-state index < -0.39 is 0 Å². The van der Waals surface area contributed by atoms with E-state index in [0.717, 1.165) is 16.4 Å². The summed E-state index contributed by atoms with van der Waals surface area (Å²) in [6.45, 7) is 2.04. The van der Waals surface area contributed by atoms with Crippen LogP contribution in [0.4, 0.5) is 0 Å². The van der Waals surface area contributed by atoms with E-state index in [0.29, 0.717) is 5.56 Å². The highest BCUT2D eigenvalue weighted by Crippen LogP contribution is 2.08. The molecule has 1 rings (SSSR count). The average molecular weight is 327 g/mol. The van der Waals surface area contributed by atoms with E-state index in [1.54, 1.807) is 6.07 Å². The largest absolute Gasteiger partial charge is 0.338 e. The van der Waals surface area contributed by atoms with Crippen LogP contribution in [0, 0.1) is 15.9 Å². The van der Waals surface area contributed by atoms with Crippen LogP contribution in [-0.4, -0.2) is 11.9 Å². The third kappa shape index (κ3) is 3.86. The van der Waals surface area contributed by atoms with Crippen LogP contribution < -0.4 is 5.32 Å². The van der Waals surface area contributed by atoms with Crippen molar-refractivity contribution in [3.63, 3.8) is 0 Å². The van der Waals surface area contributed by atoms with Crippen molar-refractivity contribution in [2.75, 3.05) is 0 Å². The maximum Gasteiger partial charge on any atom is 0.252 e. The van der Waals surface area contributed by atoms with Gasteiger partial charge in [-0.15, -0.1) is 6.42 Å². The zero-order valence-corrected chi connectivity index (χ0v) is 11.3. The first kappa shape index (κ1) is 13.0. The van der Waals surface area contributed by atoms with Gasteiger partial charge in [0.05, 0.1) is 6.04 Å². The van der Waals surface area contributed by atoms with Crippen LogP contribution in [0.2, 0.25) is 0 Å². The first-order valence-electron chi connectivity index (χ1n) is 5.20. The molecule has 0 bridgehead atoms. The summed E-state index contributed by atoms with van der Waals surface area (Å²) in [7, 11) is 0. The lowest BCUT2D eigenvalue weighted by atomic mass is 10.1. The van der Waals surface area contributed by atoms with Crippen molar-refractivity contribution in [2.24, 2.45) is 0 Å². The summed E-state index contributed by atoms with van der Waals surface area (Å²) in [4.78, 5) is 11.8. The van der Waals surface area contributed by atoms with Gasteiger partial charge in [0, 0.05) is 9.13 Å². The Hall–Kier alpha value is -1.02. The molecule has 0 saturated heterocycles. The molecule has 84 valence electrons. The van der Waals surface area contributed by atoms with Gasteiger partial charge in [-0.1, -0.05) is 25.3 Å². The summed E-state index contributed by atoms with van der Waals surface area (Å²) in [5, 5.41) is 2.83. The SMILES string of the molecule is C#CC(CCC)NC(=O)c1cccc(I)c1. The Kier molecular flexibility index (Phi) is 5.33. The highest BCUT2D eigenvalue weighted by Gasteiger charge is 2.10. The highest BCUT2D eigenvalue weighted by atomic mass is 127. The first-order chi connectivity index (χ1) is 7.67. The van der Waals surface area contributed by atoms with Gasteiger partial charge >= 0.3 is 0 Å². The standard InChI is InChI=1S/C13H14INO/c1-3-6-12(4-2)15-13(16)10-7-5-8-11(14)9-10/h2,5,7-9,12H,3,6H2,1H3,(H,15,16). The molecule has 0 fully saturated rings. The molecule has 16 heavy (non-hydrogen) atoms. The predicted octanol–water partition coefficient (Wildman–Crippen LogP) is 2.82. The van der Waals surface area contributed by atoms with Crippen molar-refractivity contribution >= 4 is 28.5 Å². The number of carbonyl (C=O) groups excluding carboxylic acids is 1. The topological polar surface area (TPSA) is 29.1 Å². The molecule has 0 spiro atoms. The lowest BCUT2D eigenvalue weighted by molar-refractivity contribution is 0.0944. The Morgan fingerprint density at radius 2 is 2.38 bits per heavy atom. The number of amides is 1. The molecule has 1 atom stereocenters. The molecule has 1 aromatic carbocycles. The van der Waals surface area contributed by atoms with Crippen molar-refractivity contribution < 1.29 is 4.79 Å². The van der Waals surface area contributed by atoms with Crippen molar-refractivity contribution in [3.05, 3.63) is 33.4 Å². The molecule has 1 unspecified atom stereocenters. The second-order valence-electron chi connectivity index (χ2n) is 3.49. The van der Waals surface area contributed by atoms with Gasteiger partial charge in [-0.25, -0.2) is 0 Å². The van der Waals surface area contributed by atoms with Gasteiger partial charge in [-0.05, 0) is 47.2 Å². The maximum atomic E-state index is 11.8. The fraction of sp³-hybridized carbons (Fsp3) is 0.308. The number of hydrogen-bond acceptors (Lipinski definition) is 1. The van der Waals surface area contributed by atoms with Gasteiger partial charge in [-0.3, -0.25) is 4.79 Å². The summed E-state index contributed by atoms with van der Waals surface area (Å²) in [5.74, 6) is 2.48. The molecule has 1 N–H and O–H groups in total. The fourth-order valence-electron chi connectivity index (χ4n) is 1.36. The van der Waals surface area contributed by atoms with Gasteiger partial charge < -0.3 is 5.32 Å². The Morgan fingerprint density at radius 3 is 2.94 bits per heavy atom. The summed E-state index contributed by atoms with van der Waals surface area (Å²) in [6, 6.07) is 7.27. The molecular formula is C13H14INO. The number of nitrogens with one attached hydrogen (secondary N) is 1. The number of hydrogen-bond donors (Lipinski definition) is 1. The highest BCUT2D eigenvalue weighted by molar-refractivity contribution is 14.1. The van der Waals surface area contributed by atoms with Crippen LogP contribution in [0.3, 0.4) is 0 Å². The van der Waals surface area contributed by atoms with Crippen molar-refractivity contribution in [1.82, 2.24) is 5.32 Å². The molecule has 1 aromatic rings. The smallest absolute Gasteiger partial charge is 0.252 e. The Morgan fingerprint density at radius 1 is 1.62 bits per heavy atom. The van der Waals surface area contributed by atoms with E-state index in [9.17, 15) is 4.79 Å². The molecule has 0 aliphatic heterocycles. The van der Waals surface area contributed by atoms with E-state index in [1.807, 2.05) is 25.1 Å². The quantitative estimate of drug-likeness (QED) is 0.669. The summed E-state index contributed by atoms with van der Waals surface area (Å²) < 4.78 is 1.04. The maximum absolute atomic E-state index is 11.8. The molecule has 1 amide bonds. The third-order valence-corrected chi connectivity index (χ3v) is 2.84. The van der Waals surface area contributed by atoms with E-state index in [-0.39, 0.29) is 11.9 Å². The van der Waals surface area contributed by atoms with Crippen LogP contribution in [0.1, 0.15) is 30.1 Å². The Bertz CT molecular complexity index is 409. The molecule has 0 heterocycles. The number of terminal acetylenes is 1. The third-order valence-electron chi connectivity index (χ3n) is 2.17. The molecule has 0 radical (unpaired) electrons. The minimum Gasteiger partial charge on any atom is -0.338 e. The Balaban J connectivity index is 2.69. The molecule has 2 nitrogen and oxygen atoms in total. The van der Waals surface area contributed by atoms with Crippen LogP contribution >= 0.6 is 22.6 Å². The van der Waals surface area contributed by atoms with E-state index in [2.05, 4.69) is 33.8 Å². The second kappa shape index (κ2) is 6.54. The lowest BCUT2D eigenvalue weighted by Gasteiger charge is -2.11. The molecule has 3 heteroatoms. The van der Waals surface area contributed by atoms with Crippen LogP contribution in [-0.2, 0) is 0 Å². The lowest BCUT2D eigenvalue weighted by Crippen LogP contribution is -2.33. The predicted molar refractivity (Wildman–Crippen MR) is 74.2 cm³/mol. The van der Waals surface area contributed by atoms with Gasteiger partial charge in [0.1, 0.15) is 0 Å². The molecule has 0 aromatic heterocycles. The zero-order valence-electron chi connectivity index (χ0n) is 9.16. The van der Waals surface area contributed by atoms with Crippen molar-refractivity contribution in [2.45, 2.75) is 25.8 Å². The molecular weight excluding hydrogens is 313 g/mol. The zero-order chi connectivity index (χ0) is 12.0. The van der Waals surface area contributed by atoms with E-state index in [4.69, 9.17) is 6.42 Å². The number of rotatable bonds is 4. The van der Waals surface area contributed by atoms with Gasteiger partial charge in [0.15, 0.2) is 0 Å². The van der Waals surface area contributed by atoms with Crippen LogP contribution in [0.15, 0.2) is 24.3 Å². The molecule has 0 saturated carbocycles. The number of carbonyl (C=O) groups is 1. The number of benzene rings is 1. The van der Waals surface area contributed by atoms with E-state index in [1.165, 1.54) is 0 Å². The summed E-state index contributed by atoms with van der Waals surface area (Å²) >= 11 is 2.18.